The van der Waals surface area contributed by atoms with E-state index < -0.39 is 17.4 Å². The molecular formula is C21H26N2O4. The molecule has 27 heavy (non-hydrogen) atoms. The number of carbonyl (C=O) groups excluding carboxylic acids is 2. The van der Waals surface area contributed by atoms with Crippen LogP contribution in [0.4, 0.5) is 0 Å². The van der Waals surface area contributed by atoms with Gasteiger partial charge in [0, 0.05) is 11.9 Å². The highest BCUT2D eigenvalue weighted by molar-refractivity contribution is 6.35. The summed E-state index contributed by atoms with van der Waals surface area (Å²) in [4.78, 5) is 23.9. The van der Waals surface area contributed by atoms with Gasteiger partial charge in [-0.1, -0.05) is 29.8 Å². The minimum Gasteiger partial charge on any atom is -0.458 e. The average Bonchev–Trinajstić information content (AvgIpc) is 3.12. The molecule has 1 aliphatic rings. The van der Waals surface area contributed by atoms with Crippen molar-refractivity contribution in [2.75, 3.05) is 13.1 Å². The number of nitrogens with one attached hydrogen (secondary N) is 2. The van der Waals surface area contributed by atoms with E-state index in [0.717, 1.165) is 24.6 Å². The van der Waals surface area contributed by atoms with Crippen LogP contribution in [0.25, 0.3) is 11.0 Å². The molecule has 0 radical (unpaired) electrons. The number of allylic oxidation sites excluding steroid dienone is 1. The van der Waals surface area contributed by atoms with Gasteiger partial charge in [0.1, 0.15) is 16.9 Å². The summed E-state index contributed by atoms with van der Waals surface area (Å²) < 4.78 is 5.65. The van der Waals surface area contributed by atoms with Crippen LogP contribution in [0.15, 0.2) is 46.4 Å². The van der Waals surface area contributed by atoms with Gasteiger partial charge in [-0.25, -0.2) is 0 Å². The first-order valence-electron chi connectivity index (χ1n) is 9.41. The number of hydrogen-bond donors (Lipinski definition) is 3. The van der Waals surface area contributed by atoms with E-state index in [4.69, 9.17) is 4.42 Å². The average molecular weight is 370 g/mol. The van der Waals surface area contributed by atoms with Crippen molar-refractivity contribution in [2.24, 2.45) is 0 Å². The minimum atomic E-state index is -1.41. The fraction of sp³-hybridized carbons (Fsp3) is 0.429. The van der Waals surface area contributed by atoms with E-state index in [2.05, 4.69) is 16.7 Å². The maximum Gasteiger partial charge on any atom is 0.309 e. The molecule has 0 spiro atoms. The van der Waals surface area contributed by atoms with Gasteiger partial charge in [0.05, 0.1) is 6.54 Å². The number of fused-ring (bicyclic) bond motifs is 1. The maximum absolute atomic E-state index is 12.0. The topological polar surface area (TPSA) is 91.6 Å². The summed E-state index contributed by atoms with van der Waals surface area (Å²) in [7, 11) is 0. The van der Waals surface area contributed by atoms with Gasteiger partial charge in [-0.3, -0.25) is 9.59 Å². The lowest BCUT2D eigenvalue weighted by molar-refractivity contribution is -0.139. The summed E-state index contributed by atoms with van der Waals surface area (Å²) in [5, 5.41) is 16.6. The molecule has 3 rings (SSSR count). The lowest BCUT2D eigenvalue weighted by Gasteiger charge is -2.21. The molecule has 0 aliphatic heterocycles. The molecule has 6 heteroatoms. The van der Waals surface area contributed by atoms with Crippen LogP contribution in [-0.2, 0) is 15.2 Å². The Morgan fingerprint density at radius 2 is 1.96 bits per heavy atom. The second-order valence-electron chi connectivity index (χ2n) is 7.22. The van der Waals surface area contributed by atoms with Gasteiger partial charge >= 0.3 is 11.8 Å². The summed E-state index contributed by atoms with van der Waals surface area (Å²) in [6.07, 6.45) is 7.58. The van der Waals surface area contributed by atoms with E-state index >= 15 is 0 Å². The Morgan fingerprint density at radius 3 is 2.70 bits per heavy atom. The van der Waals surface area contributed by atoms with Crippen LogP contribution in [0.1, 0.15) is 44.8 Å². The van der Waals surface area contributed by atoms with Gasteiger partial charge in [0.15, 0.2) is 0 Å². The second-order valence-corrected chi connectivity index (χ2v) is 7.22. The van der Waals surface area contributed by atoms with Crippen LogP contribution < -0.4 is 10.6 Å². The number of para-hydroxylation sites is 1. The molecule has 1 aromatic carbocycles. The normalized spacial score (nSPS) is 16.4. The van der Waals surface area contributed by atoms with Crippen molar-refractivity contribution in [2.45, 2.75) is 44.6 Å². The highest BCUT2D eigenvalue weighted by atomic mass is 16.4. The second kappa shape index (κ2) is 8.39. The zero-order valence-electron chi connectivity index (χ0n) is 15.6. The van der Waals surface area contributed by atoms with Gasteiger partial charge in [-0.05, 0) is 51.2 Å². The largest absolute Gasteiger partial charge is 0.458 e. The Labute approximate surface area is 158 Å². The molecule has 6 nitrogen and oxygen atoms in total. The molecule has 144 valence electrons. The fourth-order valence-corrected chi connectivity index (χ4v) is 3.22. The number of amides is 2. The van der Waals surface area contributed by atoms with Crippen molar-refractivity contribution >= 4 is 22.8 Å². The number of benzene rings is 1. The van der Waals surface area contributed by atoms with Crippen molar-refractivity contribution in [3.8, 4) is 0 Å². The Morgan fingerprint density at radius 1 is 1.19 bits per heavy atom. The van der Waals surface area contributed by atoms with E-state index in [1.807, 2.05) is 24.3 Å². The van der Waals surface area contributed by atoms with Gasteiger partial charge in [0.2, 0.25) is 0 Å². The van der Waals surface area contributed by atoms with Crippen LogP contribution in [0.5, 0.6) is 0 Å². The predicted octanol–water partition coefficient (Wildman–Crippen LogP) is 2.76. The van der Waals surface area contributed by atoms with Crippen LogP contribution in [0.2, 0.25) is 0 Å². The van der Waals surface area contributed by atoms with Gasteiger partial charge in [-0.15, -0.1) is 0 Å². The summed E-state index contributed by atoms with van der Waals surface area (Å²) in [5.41, 5.74) is 0.589. The van der Waals surface area contributed by atoms with Gasteiger partial charge in [-0.2, -0.15) is 0 Å². The highest BCUT2D eigenvalue weighted by Crippen LogP contribution is 2.27. The molecule has 3 N–H and O–H groups in total. The highest BCUT2D eigenvalue weighted by Gasteiger charge is 2.29. The number of rotatable bonds is 6. The van der Waals surface area contributed by atoms with E-state index in [9.17, 15) is 14.7 Å². The summed E-state index contributed by atoms with van der Waals surface area (Å²) >= 11 is 0. The summed E-state index contributed by atoms with van der Waals surface area (Å²) in [6.45, 7) is 1.86. The molecular weight excluding hydrogens is 344 g/mol. The molecule has 1 aromatic heterocycles. The first kappa shape index (κ1) is 19.2. The third-order valence-corrected chi connectivity index (χ3v) is 4.87. The predicted molar refractivity (Wildman–Crippen MR) is 103 cm³/mol. The van der Waals surface area contributed by atoms with Crippen LogP contribution in [-0.4, -0.2) is 30.0 Å². The van der Waals surface area contributed by atoms with Crippen LogP contribution in [0, 0.1) is 0 Å². The first-order chi connectivity index (χ1) is 13.0. The molecule has 0 bridgehead atoms. The van der Waals surface area contributed by atoms with E-state index in [1.165, 1.54) is 18.4 Å². The van der Waals surface area contributed by atoms with Crippen molar-refractivity contribution < 1.29 is 19.1 Å². The van der Waals surface area contributed by atoms with E-state index in [1.54, 1.807) is 13.0 Å². The van der Waals surface area contributed by atoms with Gasteiger partial charge in [0.25, 0.3) is 0 Å². The molecule has 0 saturated heterocycles. The van der Waals surface area contributed by atoms with E-state index in [0.29, 0.717) is 17.9 Å². The monoisotopic (exact) mass is 370 g/mol. The summed E-state index contributed by atoms with van der Waals surface area (Å²) in [5.74, 6) is -1.11. The number of hydrogen-bond acceptors (Lipinski definition) is 4. The molecule has 0 unspecified atom stereocenters. The Kier molecular flexibility index (Phi) is 5.96. The zero-order valence-corrected chi connectivity index (χ0v) is 15.6. The van der Waals surface area contributed by atoms with Gasteiger partial charge < -0.3 is 20.2 Å². The number of furan rings is 1. The maximum atomic E-state index is 12.0. The molecule has 1 atom stereocenters. The van der Waals surface area contributed by atoms with Crippen molar-refractivity contribution in [1.29, 1.82) is 0 Å². The molecule has 0 saturated carbocycles. The lowest BCUT2D eigenvalue weighted by atomic mass is 9.97. The fourth-order valence-electron chi connectivity index (χ4n) is 3.22. The third-order valence-electron chi connectivity index (χ3n) is 4.87. The number of carbonyl (C=O) groups is 2. The summed E-state index contributed by atoms with van der Waals surface area (Å²) in [6, 6.07) is 9.15. The number of aliphatic hydroxyl groups is 1. The van der Waals surface area contributed by atoms with E-state index in [-0.39, 0.29) is 6.54 Å². The van der Waals surface area contributed by atoms with Crippen molar-refractivity contribution in [3.63, 3.8) is 0 Å². The SMILES string of the molecule is C[C@@](O)(CNC(=O)C(=O)NCCC1=CCCCC1)c1cc2ccccc2o1. The first-order valence-corrected chi connectivity index (χ1v) is 9.41. The Bertz CT molecular complexity index is 818. The molecule has 1 heterocycles. The minimum absolute atomic E-state index is 0.121. The Hall–Kier alpha value is -2.60. The quantitative estimate of drug-likeness (QED) is 0.539. The molecule has 2 aromatic rings. The van der Waals surface area contributed by atoms with Crippen LogP contribution in [0.3, 0.4) is 0 Å². The van der Waals surface area contributed by atoms with Crippen molar-refractivity contribution in [3.05, 3.63) is 47.7 Å². The third kappa shape index (κ3) is 4.98. The lowest BCUT2D eigenvalue weighted by Crippen LogP contribution is -2.45. The molecule has 1 aliphatic carbocycles. The molecule has 2 amide bonds. The van der Waals surface area contributed by atoms with Crippen molar-refractivity contribution in [1.82, 2.24) is 10.6 Å². The molecule has 0 fully saturated rings. The van der Waals surface area contributed by atoms with Crippen LogP contribution >= 0.6 is 0 Å². The standard InChI is InChI=1S/C21H26N2O4/c1-21(26,18-13-16-9-5-6-10-17(16)27-18)14-23-20(25)19(24)22-12-11-15-7-3-2-4-8-15/h5-7,9-10,13,26H,2-4,8,11-12,14H2,1H3,(H,22,24)(H,23,25)/t21-/m1/s1. The Balaban J connectivity index is 1.48. The smallest absolute Gasteiger partial charge is 0.309 e. The zero-order chi connectivity index (χ0) is 19.3.